The number of aliphatic hydroxyl groups is 3. The van der Waals surface area contributed by atoms with E-state index in [1.807, 2.05) is 0 Å². The Morgan fingerprint density at radius 2 is 0.875 bits per heavy atom. The number of unbranched alkanes of at least 4 members (excludes halogenated alkanes) is 15. The molecule has 0 heterocycles. The molecule has 0 saturated carbocycles. The van der Waals surface area contributed by atoms with E-state index in [2.05, 4.69) is 12.2 Å². The summed E-state index contributed by atoms with van der Waals surface area (Å²) >= 11 is 0. The van der Waals surface area contributed by atoms with Crippen molar-refractivity contribution < 1.29 is 15.3 Å². The van der Waals surface area contributed by atoms with Gasteiger partial charge in [0.05, 0.1) is 6.54 Å². The van der Waals surface area contributed by atoms with Crippen LogP contribution in [0.3, 0.4) is 0 Å². The van der Waals surface area contributed by atoms with Crippen molar-refractivity contribution in [3.05, 3.63) is 0 Å². The largest absolute Gasteiger partial charge is 0.343 e. The molecule has 24 heavy (non-hydrogen) atoms. The van der Waals surface area contributed by atoms with Crippen LogP contribution in [0.5, 0.6) is 0 Å². The maximum absolute atomic E-state index is 8.70. The molecule has 0 atom stereocenters. The van der Waals surface area contributed by atoms with E-state index in [4.69, 9.17) is 15.3 Å². The molecule has 0 saturated heterocycles. The molecule has 0 bridgehead atoms. The third-order valence-corrected chi connectivity index (χ3v) is 4.57. The van der Waals surface area contributed by atoms with Crippen molar-refractivity contribution in [3.63, 3.8) is 0 Å². The van der Waals surface area contributed by atoms with Gasteiger partial charge in [-0.25, -0.2) is 0 Å². The monoisotopic (exact) mass is 345 g/mol. The highest BCUT2D eigenvalue weighted by Crippen LogP contribution is 2.13. The molecule has 4 N–H and O–H groups in total. The minimum absolute atomic E-state index is 0.189. The molecule has 146 valence electrons. The molecule has 0 aliphatic heterocycles. The zero-order chi connectivity index (χ0) is 17.9. The Kier molecular flexibility index (Phi) is 17.5. The summed E-state index contributed by atoms with van der Waals surface area (Å²) in [4.78, 5) is 0. The van der Waals surface area contributed by atoms with Crippen molar-refractivity contribution >= 4 is 0 Å². The fourth-order valence-electron chi connectivity index (χ4n) is 3.05. The lowest BCUT2D eigenvalue weighted by molar-refractivity contribution is -0.306. The Morgan fingerprint density at radius 3 is 1.21 bits per heavy atom. The SMILES string of the molecule is CCCCCCCCCCCCCCCCCCNCC(O)(O)O. The van der Waals surface area contributed by atoms with Crippen molar-refractivity contribution in [2.24, 2.45) is 0 Å². The van der Waals surface area contributed by atoms with E-state index in [9.17, 15) is 0 Å². The van der Waals surface area contributed by atoms with E-state index in [1.54, 1.807) is 0 Å². The minimum Gasteiger partial charge on any atom is -0.343 e. The Bertz CT molecular complexity index is 242. The van der Waals surface area contributed by atoms with Gasteiger partial charge in [-0.05, 0) is 13.0 Å². The van der Waals surface area contributed by atoms with Gasteiger partial charge in [-0.1, -0.05) is 103 Å². The molecule has 0 fully saturated rings. The molecule has 4 heteroatoms. The van der Waals surface area contributed by atoms with Crippen LogP contribution in [0.15, 0.2) is 0 Å². The Morgan fingerprint density at radius 1 is 0.542 bits per heavy atom. The molecule has 0 rings (SSSR count). The molecule has 0 aromatic rings. The molecule has 0 spiro atoms. The summed E-state index contributed by atoms with van der Waals surface area (Å²) in [6.45, 7) is 2.81. The summed E-state index contributed by atoms with van der Waals surface area (Å²) in [5.74, 6) is -2.57. The normalized spacial score (nSPS) is 12.0. The second-order valence-electron chi connectivity index (χ2n) is 7.25. The molecule has 0 aliphatic carbocycles. The van der Waals surface area contributed by atoms with Gasteiger partial charge in [0.1, 0.15) is 0 Å². The Balaban J connectivity index is 3.00. The van der Waals surface area contributed by atoms with E-state index in [0.717, 1.165) is 13.0 Å². The topological polar surface area (TPSA) is 72.7 Å². The molecule has 0 amide bonds. The van der Waals surface area contributed by atoms with Gasteiger partial charge in [-0.15, -0.1) is 0 Å². The van der Waals surface area contributed by atoms with Crippen molar-refractivity contribution in [1.82, 2.24) is 5.32 Å². The van der Waals surface area contributed by atoms with Crippen molar-refractivity contribution in [3.8, 4) is 0 Å². The van der Waals surface area contributed by atoms with Crippen LogP contribution in [0.25, 0.3) is 0 Å². The second-order valence-corrected chi connectivity index (χ2v) is 7.25. The van der Waals surface area contributed by atoms with Crippen LogP contribution >= 0.6 is 0 Å². The van der Waals surface area contributed by atoms with Crippen LogP contribution in [0.4, 0.5) is 0 Å². The van der Waals surface area contributed by atoms with E-state index in [0.29, 0.717) is 0 Å². The van der Waals surface area contributed by atoms with Crippen molar-refractivity contribution in [2.45, 2.75) is 116 Å². The summed E-state index contributed by atoms with van der Waals surface area (Å²) < 4.78 is 0. The fraction of sp³-hybridized carbons (Fsp3) is 1.00. The maximum Gasteiger partial charge on any atom is 0.288 e. The molecule has 4 nitrogen and oxygen atoms in total. The summed E-state index contributed by atoms with van der Waals surface area (Å²) in [7, 11) is 0. The van der Waals surface area contributed by atoms with E-state index in [-0.39, 0.29) is 6.54 Å². The molecule has 0 unspecified atom stereocenters. The lowest BCUT2D eigenvalue weighted by atomic mass is 10.0. The van der Waals surface area contributed by atoms with Crippen molar-refractivity contribution in [1.29, 1.82) is 0 Å². The lowest BCUT2D eigenvalue weighted by Crippen LogP contribution is -2.40. The van der Waals surface area contributed by atoms with Gasteiger partial charge in [-0.2, -0.15) is 0 Å². The summed E-state index contributed by atoms with van der Waals surface area (Å²) in [5.41, 5.74) is 0. The highest BCUT2D eigenvalue weighted by molar-refractivity contribution is 4.54. The van der Waals surface area contributed by atoms with Crippen LogP contribution in [0.1, 0.15) is 110 Å². The van der Waals surface area contributed by atoms with E-state index < -0.39 is 5.97 Å². The molecular formula is C20H43NO3. The first-order valence-electron chi connectivity index (χ1n) is 10.4. The standard InChI is InChI=1S/C20H43NO3/c1-2-3-4-5-6-7-8-9-10-11-12-13-14-15-16-17-18-21-19-20(22,23)24/h21-24H,2-19H2,1H3. The van der Waals surface area contributed by atoms with Gasteiger partial charge in [0.25, 0.3) is 5.97 Å². The first-order chi connectivity index (χ1) is 11.6. The third-order valence-electron chi connectivity index (χ3n) is 4.57. The summed E-state index contributed by atoms with van der Waals surface area (Å²) in [6.07, 6.45) is 21.6. The predicted octanol–water partition coefficient (Wildman–Crippen LogP) is 4.47. The highest BCUT2D eigenvalue weighted by Gasteiger charge is 2.16. The molecule has 0 aromatic carbocycles. The number of hydrogen-bond acceptors (Lipinski definition) is 4. The van der Waals surface area contributed by atoms with Crippen LogP contribution in [0, 0.1) is 0 Å². The van der Waals surface area contributed by atoms with E-state index >= 15 is 0 Å². The second kappa shape index (κ2) is 17.7. The van der Waals surface area contributed by atoms with Gasteiger partial charge in [0, 0.05) is 0 Å². The van der Waals surface area contributed by atoms with Crippen LogP contribution in [-0.2, 0) is 0 Å². The maximum atomic E-state index is 8.70. The molecule has 0 aliphatic rings. The Hall–Kier alpha value is -0.160. The zero-order valence-electron chi connectivity index (χ0n) is 16.1. The zero-order valence-corrected chi connectivity index (χ0v) is 16.1. The third kappa shape index (κ3) is 21.8. The number of hydrogen-bond donors (Lipinski definition) is 4. The number of rotatable bonds is 19. The quantitative estimate of drug-likeness (QED) is 0.206. The number of nitrogens with one attached hydrogen (secondary N) is 1. The molecule has 0 radical (unpaired) electrons. The van der Waals surface area contributed by atoms with Gasteiger partial charge >= 0.3 is 0 Å². The average Bonchev–Trinajstić information content (AvgIpc) is 2.52. The van der Waals surface area contributed by atoms with Gasteiger partial charge in [-0.3, -0.25) is 0 Å². The van der Waals surface area contributed by atoms with Crippen molar-refractivity contribution in [2.75, 3.05) is 13.1 Å². The fourth-order valence-corrected chi connectivity index (χ4v) is 3.05. The van der Waals surface area contributed by atoms with E-state index in [1.165, 1.54) is 96.3 Å². The van der Waals surface area contributed by atoms with Crippen LogP contribution in [-0.4, -0.2) is 34.4 Å². The van der Waals surface area contributed by atoms with Gasteiger partial charge in [0.2, 0.25) is 0 Å². The van der Waals surface area contributed by atoms with Crippen LogP contribution < -0.4 is 5.32 Å². The first kappa shape index (κ1) is 23.8. The predicted molar refractivity (Wildman–Crippen MR) is 102 cm³/mol. The smallest absolute Gasteiger partial charge is 0.288 e. The minimum atomic E-state index is -2.57. The van der Waals surface area contributed by atoms with Gasteiger partial charge < -0.3 is 20.6 Å². The summed E-state index contributed by atoms with van der Waals surface area (Å²) in [5, 5.41) is 28.9. The molecule has 0 aromatic heterocycles. The lowest BCUT2D eigenvalue weighted by Gasteiger charge is -2.14. The molecular weight excluding hydrogens is 302 g/mol. The highest BCUT2D eigenvalue weighted by atomic mass is 16.7. The Labute approximate surface area is 150 Å². The van der Waals surface area contributed by atoms with Gasteiger partial charge in [0.15, 0.2) is 0 Å². The van der Waals surface area contributed by atoms with Crippen LogP contribution in [0.2, 0.25) is 0 Å². The summed E-state index contributed by atoms with van der Waals surface area (Å²) in [6, 6.07) is 0. The average molecular weight is 346 g/mol. The first-order valence-corrected chi connectivity index (χ1v) is 10.4.